The van der Waals surface area contributed by atoms with Crippen molar-refractivity contribution in [1.29, 1.82) is 0 Å². The largest absolute Gasteiger partial charge is 0.381 e. The van der Waals surface area contributed by atoms with E-state index in [1.54, 1.807) is 0 Å². The number of carbonyl (C=O) groups excluding carboxylic acids is 1. The molecule has 1 fully saturated rings. The van der Waals surface area contributed by atoms with Gasteiger partial charge in [-0.3, -0.25) is 4.79 Å². The molecule has 1 heterocycles. The maximum atomic E-state index is 11.8. The van der Waals surface area contributed by atoms with Gasteiger partial charge >= 0.3 is 0 Å². The molecule has 4 nitrogen and oxygen atoms in total. The van der Waals surface area contributed by atoms with Gasteiger partial charge < -0.3 is 15.8 Å². The van der Waals surface area contributed by atoms with Crippen molar-refractivity contribution in [2.45, 2.75) is 32.6 Å². The van der Waals surface area contributed by atoms with Crippen LogP contribution in [-0.4, -0.2) is 32.2 Å². The molecule has 4 heteroatoms. The Balaban J connectivity index is 2.21. The van der Waals surface area contributed by atoms with E-state index in [0.29, 0.717) is 12.5 Å². The summed E-state index contributed by atoms with van der Waals surface area (Å²) in [5, 5.41) is 2.99. The minimum absolute atomic E-state index is 0.0190. The first-order valence-electron chi connectivity index (χ1n) is 6.33. The number of ether oxygens (including phenoxy) is 1. The summed E-state index contributed by atoms with van der Waals surface area (Å²) >= 11 is 0. The van der Waals surface area contributed by atoms with Crippen molar-refractivity contribution in [3.63, 3.8) is 0 Å². The van der Waals surface area contributed by atoms with Crippen molar-refractivity contribution < 1.29 is 9.53 Å². The van der Waals surface area contributed by atoms with E-state index in [1.165, 1.54) is 0 Å². The van der Waals surface area contributed by atoms with Crippen molar-refractivity contribution in [3.8, 4) is 0 Å². The van der Waals surface area contributed by atoms with Crippen molar-refractivity contribution in [2.24, 2.45) is 17.6 Å². The lowest BCUT2D eigenvalue weighted by molar-refractivity contribution is -0.125. The highest BCUT2D eigenvalue weighted by molar-refractivity contribution is 5.78. The Kier molecular flexibility index (Phi) is 6.42. The van der Waals surface area contributed by atoms with E-state index in [-0.39, 0.29) is 11.8 Å². The Labute approximate surface area is 97.9 Å². The van der Waals surface area contributed by atoms with Gasteiger partial charge in [-0.15, -0.1) is 0 Å². The fourth-order valence-electron chi connectivity index (χ4n) is 2.06. The molecular formula is C12H24N2O2. The average Bonchev–Trinajstić information content (AvgIpc) is 2.34. The number of hydrogen-bond acceptors (Lipinski definition) is 3. The first kappa shape index (κ1) is 13.5. The Morgan fingerprint density at radius 1 is 1.62 bits per heavy atom. The van der Waals surface area contributed by atoms with Gasteiger partial charge in [-0.05, 0) is 25.2 Å². The second-order valence-electron chi connectivity index (χ2n) is 4.55. The highest BCUT2D eigenvalue weighted by Gasteiger charge is 2.18. The minimum Gasteiger partial charge on any atom is -0.381 e. The van der Waals surface area contributed by atoms with Gasteiger partial charge in [0.05, 0.1) is 12.5 Å². The third kappa shape index (κ3) is 4.49. The summed E-state index contributed by atoms with van der Waals surface area (Å²) in [6.07, 6.45) is 4.14. The van der Waals surface area contributed by atoms with Crippen LogP contribution in [0.3, 0.4) is 0 Å². The third-order valence-corrected chi connectivity index (χ3v) is 3.11. The number of nitrogens with one attached hydrogen (secondary N) is 1. The molecule has 1 saturated heterocycles. The molecule has 0 aliphatic carbocycles. The van der Waals surface area contributed by atoms with Gasteiger partial charge in [0, 0.05) is 19.7 Å². The molecule has 0 bridgehead atoms. The molecule has 1 aliphatic heterocycles. The molecule has 0 aromatic carbocycles. The van der Waals surface area contributed by atoms with E-state index >= 15 is 0 Å². The van der Waals surface area contributed by atoms with Crippen LogP contribution in [0.25, 0.3) is 0 Å². The SMILES string of the molecule is CCCC(CN)C(=O)NCC1CCCOC1. The van der Waals surface area contributed by atoms with E-state index in [9.17, 15) is 4.79 Å². The molecule has 1 aliphatic rings. The zero-order valence-electron chi connectivity index (χ0n) is 10.2. The van der Waals surface area contributed by atoms with E-state index in [0.717, 1.165) is 45.4 Å². The van der Waals surface area contributed by atoms with Gasteiger partial charge in [0.25, 0.3) is 0 Å². The second-order valence-corrected chi connectivity index (χ2v) is 4.55. The Morgan fingerprint density at radius 2 is 2.44 bits per heavy atom. The maximum Gasteiger partial charge on any atom is 0.224 e. The Bertz CT molecular complexity index is 203. The second kappa shape index (κ2) is 7.63. The van der Waals surface area contributed by atoms with Crippen LogP contribution in [0.1, 0.15) is 32.6 Å². The zero-order valence-corrected chi connectivity index (χ0v) is 10.2. The monoisotopic (exact) mass is 228 g/mol. The normalized spacial score (nSPS) is 22.8. The molecule has 2 atom stereocenters. The lowest BCUT2D eigenvalue weighted by atomic mass is 10.0. The molecular weight excluding hydrogens is 204 g/mol. The molecule has 94 valence electrons. The summed E-state index contributed by atoms with van der Waals surface area (Å²) < 4.78 is 5.37. The fourth-order valence-corrected chi connectivity index (χ4v) is 2.06. The van der Waals surface area contributed by atoms with Gasteiger partial charge in [-0.25, -0.2) is 0 Å². The third-order valence-electron chi connectivity index (χ3n) is 3.11. The molecule has 3 N–H and O–H groups in total. The van der Waals surface area contributed by atoms with E-state index in [2.05, 4.69) is 12.2 Å². The molecule has 0 radical (unpaired) electrons. The van der Waals surface area contributed by atoms with Crippen LogP contribution in [0.2, 0.25) is 0 Å². The van der Waals surface area contributed by atoms with Crippen molar-refractivity contribution in [1.82, 2.24) is 5.32 Å². The first-order valence-corrected chi connectivity index (χ1v) is 6.33. The van der Waals surface area contributed by atoms with Gasteiger partial charge in [0.1, 0.15) is 0 Å². The number of rotatable bonds is 6. The molecule has 2 unspecified atom stereocenters. The highest BCUT2D eigenvalue weighted by Crippen LogP contribution is 2.12. The van der Waals surface area contributed by atoms with Crippen LogP contribution in [0.5, 0.6) is 0 Å². The predicted molar refractivity (Wildman–Crippen MR) is 64.0 cm³/mol. The van der Waals surface area contributed by atoms with Crippen molar-refractivity contribution >= 4 is 5.91 Å². The summed E-state index contributed by atoms with van der Waals surface area (Å²) in [6.45, 7) is 4.90. The Hall–Kier alpha value is -0.610. The quantitative estimate of drug-likeness (QED) is 0.710. The lowest BCUT2D eigenvalue weighted by Crippen LogP contribution is -2.39. The smallest absolute Gasteiger partial charge is 0.224 e. The average molecular weight is 228 g/mol. The predicted octanol–water partition coefficient (Wildman–Crippen LogP) is 0.904. The fraction of sp³-hybridized carbons (Fsp3) is 0.917. The number of amides is 1. The van der Waals surface area contributed by atoms with Crippen LogP contribution in [0, 0.1) is 11.8 Å². The number of hydrogen-bond donors (Lipinski definition) is 2. The van der Waals surface area contributed by atoms with E-state index in [1.807, 2.05) is 0 Å². The Morgan fingerprint density at radius 3 is 3.00 bits per heavy atom. The highest BCUT2D eigenvalue weighted by atomic mass is 16.5. The van der Waals surface area contributed by atoms with Gasteiger partial charge in [0.2, 0.25) is 5.91 Å². The number of nitrogens with two attached hydrogens (primary N) is 1. The maximum absolute atomic E-state index is 11.8. The molecule has 0 spiro atoms. The molecule has 0 saturated carbocycles. The van der Waals surface area contributed by atoms with Gasteiger partial charge in [0.15, 0.2) is 0 Å². The van der Waals surface area contributed by atoms with Crippen LogP contribution < -0.4 is 11.1 Å². The standard InChI is InChI=1S/C12H24N2O2/c1-2-4-11(7-13)12(15)14-8-10-5-3-6-16-9-10/h10-11H,2-9,13H2,1H3,(H,14,15). The summed E-state index contributed by atoms with van der Waals surface area (Å²) in [5.41, 5.74) is 5.58. The molecule has 1 amide bonds. The summed E-state index contributed by atoms with van der Waals surface area (Å²) in [7, 11) is 0. The summed E-state index contributed by atoms with van der Waals surface area (Å²) in [4.78, 5) is 11.8. The first-order chi connectivity index (χ1) is 7.77. The summed E-state index contributed by atoms with van der Waals surface area (Å²) in [6, 6.07) is 0. The van der Waals surface area contributed by atoms with Crippen LogP contribution >= 0.6 is 0 Å². The molecule has 0 aromatic rings. The van der Waals surface area contributed by atoms with Gasteiger partial charge in [-0.2, -0.15) is 0 Å². The number of carbonyl (C=O) groups is 1. The van der Waals surface area contributed by atoms with Gasteiger partial charge in [-0.1, -0.05) is 13.3 Å². The molecule has 1 rings (SSSR count). The van der Waals surface area contributed by atoms with Crippen LogP contribution in [0.15, 0.2) is 0 Å². The minimum atomic E-state index is -0.0190. The van der Waals surface area contributed by atoms with E-state index < -0.39 is 0 Å². The summed E-state index contributed by atoms with van der Waals surface area (Å²) in [5.74, 6) is 0.571. The molecule has 0 aromatic heterocycles. The molecule has 16 heavy (non-hydrogen) atoms. The zero-order chi connectivity index (χ0) is 11.8. The lowest BCUT2D eigenvalue weighted by Gasteiger charge is -2.23. The van der Waals surface area contributed by atoms with Crippen LogP contribution in [0.4, 0.5) is 0 Å². The van der Waals surface area contributed by atoms with Crippen molar-refractivity contribution in [2.75, 3.05) is 26.3 Å². The van der Waals surface area contributed by atoms with Crippen LogP contribution in [-0.2, 0) is 9.53 Å². The van der Waals surface area contributed by atoms with Crippen molar-refractivity contribution in [3.05, 3.63) is 0 Å². The van der Waals surface area contributed by atoms with E-state index in [4.69, 9.17) is 10.5 Å². The topological polar surface area (TPSA) is 64.4 Å².